The van der Waals surface area contributed by atoms with Crippen molar-refractivity contribution in [3.63, 3.8) is 0 Å². The van der Waals surface area contributed by atoms with Crippen LogP contribution >= 0.6 is 0 Å². The summed E-state index contributed by atoms with van der Waals surface area (Å²) in [6, 6.07) is 5.25. The number of aliphatic hydroxyl groups is 1. The molecular formula is C38H62FN3O. The molecule has 0 bridgehead atoms. The molecule has 1 aliphatic carbocycles. The van der Waals surface area contributed by atoms with Gasteiger partial charge in [-0.2, -0.15) is 0 Å². The maximum Gasteiger partial charge on any atom is 0.127 e. The summed E-state index contributed by atoms with van der Waals surface area (Å²) in [7, 11) is 1.79. The fraction of sp³-hybridized carbons (Fsp3) is 0.579. The molecule has 4 nitrogen and oxygen atoms in total. The van der Waals surface area contributed by atoms with E-state index in [1.807, 2.05) is 53.0 Å². The van der Waals surface area contributed by atoms with Gasteiger partial charge in [0.2, 0.25) is 0 Å². The second-order valence-electron chi connectivity index (χ2n) is 13.0. The Hall–Kier alpha value is -2.79. The first-order valence-corrected chi connectivity index (χ1v) is 16.3. The number of nitrogens with zero attached hydrogens (tertiary/aromatic N) is 2. The van der Waals surface area contributed by atoms with Crippen molar-refractivity contribution >= 4 is 17.1 Å². The highest BCUT2D eigenvalue weighted by atomic mass is 19.1. The third-order valence-corrected chi connectivity index (χ3v) is 7.41. The van der Waals surface area contributed by atoms with Gasteiger partial charge in [-0.05, 0) is 80.9 Å². The van der Waals surface area contributed by atoms with Crippen LogP contribution in [0.1, 0.15) is 121 Å². The van der Waals surface area contributed by atoms with E-state index < -0.39 is 5.60 Å². The lowest BCUT2D eigenvalue weighted by atomic mass is 9.85. The first-order valence-electron chi connectivity index (χ1n) is 16.3. The largest absolute Gasteiger partial charge is 0.390 e. The number of fused-ring (bicyclic) bond motifs is 1. The zero-order chi connectivity index (χ0) is 33.0. The van der Waals surface area contributed by atoms with E-state index in [9.17, 15) is 5.11 Å². The summed E-state index contributed by atoms with van der Waals surface area (Å²) in [4.78, 5) is 9.27. The molecule has 0 aromatic heterocycles. The van der Waals surface area contributed by atoms with E-state index in [0.29, 0.717) is 17.7 Å². The van der Waals surface area contributed by atoms with Gasteiger partial charge in [-0.15, -0.1) is 0 Å². The molecule has 0 radical (unpaired) electrons. The molecule has 1 aromatic carbocycles. The second-order valence-corrected chi connectivity index (χ2v) is 13.0. The number of allylic oxidation sites excluding steroid dienone is 3. The van der Waals surface area contributed by atoms with Gasteiger partial charge < -0.3 is 10.4 Å². The highest BCUT2D eigenvalue weighted by Gasteiger charge is 2.26. The number of hydrogen-bond donors (Lipinski definition) is 2. The van der Waals surface area contributed by atoms with Gasteiger partial charge in [0.15, 0.2) is 0 Å². The van der Waals surface area contributed by atoms with Gasteiger partial charge in [0.05, 0.1) is 23.1 Å². The van der Waals surface area contributed by atoms with E-state index in [4.69, 9.17) is 4.99 Å². The highest BCUT2D eigenvalue weighted by molar-refractivity contribution is 6.06. The van der Waals surface area contributed by atoms with Crippen molar-refractivity contribution < 1.29 is 10.9 Å². The molecule has 1 heterocycles. The van der Waals surface area contributed by atoms with Gasteiger partial charge in [0.25, 0.3) is 0 Å². The van der Waals surface area contributed by atoms with Gasteiger partial charge in [0.1, 0.15) is 5.82 Å². The summed E-state index contributed by atoms with van der Waals surface area (Å²) in [6.07, 6.45) is 12.5. The van der Waals surface area contributed by atoms with Gasteiger partial charge in [-0.25, -0.2) is 9.38 Å². The third-order valence-electron chi connectivity index (χ3n) is 7.41. The summed E-state index contributed by atoms with van der Waals surface area (Å²) in [5.74, 6) is 0.390. The van der Waals surface area contributed by atoms with Crippen molar-refractivity contribution in [2.45, 2.75) is 127 Å². The second kappa shape index (κ2) is 17.5. The molecule has 2 aliphatic rings. The quantitative estimate of drug-likeness (QED) is 0.264. The number of benzene rings is 1. The van der Waals surface area contributed by atoms with E-state index in [1.165, 1.54) is 30.1 Å². The number of nitrogens with one attached hydrogen (secondary N) is 1. The maximum atomic E-state index is 15.3. The molecule has 0 amide bonds. The summed E-state index contributed by atoms with van der Waals surface area (Å²) in [5, 5.41) is 14.6. The molecule has 2 N–H and O–H groups in total. The normalized spacial score (nSPS) is 18.4. The highest BCUT2D eigenvalue weighted by Crippen LogP contribution is 2.30. The topological polar surface area (TPSA) is 57.0 Å². The Bertz CT molecular complexity index is 1240. The van der Waals surface area contributed by atoms with Crippen molar-refractivity contribution in [1.29, 1.82) is 0 Å². The van der Waals surface area contributed by atoms with Crippen LogP contribution in [0.5, 0.6) is 0 Å². The molecule has 0 fully saturated rings. The van der Waals surface area contributed by atoms with Crippen molar-refractivity contribution in [1.82, 2.24) is 5.32 Å². The number of halogens is 1. The average Bonchev–Trinajstić information content (AvgIpc) is 2.94. The number of hydrogen-bond acceptors (Lipinski definition) is 4. The fourth-order valence-corrected chi connectivity index (χ4v) is 5.35. The molecule has 1 aliphatic heterocycles. The zero-order valence-electron chi connectivity index (χ0n) is 29.5. The molecule has 242 valence electrons. The molecular weight excluding hydrogens is 533 g/mol. The van der Waals surface area contributed by atoms with Crippen LogP contribution in [0.25, 0.3) is 5.70 Å². The van der Waals surface area contributed by atoms with Crippen LogP contribution < -0.4 is 5.32 Å². The lowest BCUT2D eigenvalue weighted by Gasteiger charge is -2.27. The molecule has 5 heteroatoms. The molecule has 2 atom stereocenters. The Morgan fingerprint density at radius 3 is 2.37 bits per heavy atom. The lowest BCUT2D eigenvalue weighted by molar-refractivity contribution is 0.0600. The van der Waals surface area contributed by atoms with E-state index in [0.717, 1.165) is 34.9 Å². The molecule has 1 aromatic rings. The third kappa shape index (κ3) is 12.0. The molecule has 0 saturated heterocycles. The maximum absolute atomic E-state index is 15.3. The van der Waals surface area contributed by atoms with Crippen LogP contribution in [0, 0.1) is 17.2 Å². The van der Waals surface area contributed by atoms with Gasteiger partial charge >= 0.3 is 0 Å². The van der Waals surface area contributed by atoms with Crippen molar-refractivity contribution in [3.8, 4) is 0 Å². The minimum Gasteiger partial charge on any atom is -0.390 e. The van der Waals surface area contributed by atoms with Crippen LogP contribution in [0.2, 0.25) is 0 Å². The van der Waals surface area contributed by atoms with Crippen molar-refractivity contribution in [2.75, 3.05) is 7.05 Å². The standard InChI is InChI=1S/C34H48FN3O.2C2H6.H2/c1-22(2)11-10-12-25-18-29-30(16-24(25)4)38-31(21-37-29)26-13-14-27(28(35)17-26)20-34(8,39)19-23(3)15-32(36-9)33(5,6)7;2*1-2;/h13-18,21-22,29,37,39H,10-12,19-20H2,1-9H3;2*1-2H3;1H/b23-15+,36-32?;;;. The zero-order valence-corrected chi connectivity index (χ0v) is 29.5. The Labute approximate surface area is 264 Å². The molecule has 3 rings (SSSR count). The first-order chi connectivity index (χ1) is 20.2. The lowest BCUT2D eigenvalue weighted by Crippen LogP contribution is -2.35. The van der Waals surface area contributed by atoms with Gasteiger partial charge in [-0.3, -0.25) is 4.99 Å². The van der Waals surface area contributed by atoms with Crippen LogP contribution in [-0.4, -0.2) is 35.2 Å². The van der Waals surface area contributed by atoms with E-state index in [-0.39, 0.29) is 25.1 Å². The molecule has 0 spiro atoms. The van der Waals surface area contributed by atoms with Crippen molar-refractivity contribution in [2.24, 2.45) is 21.3 Å². The Balaban J connectivity index is 0.00000355. The van der Waals surface area contributed by atoms with Crippen LogP contribution in [0.4, 0.5) is 4.39 Å². The minimum atomic E-state index is -1.08. The van der Waals surface area contributed by atoms with Crippen LogP contribution in [0.15, 0.2) is 69.3 Å². The Morgan fingerprint density at radius 1 is 1.16 bits per heavy atom. The summed E-state index contributed by atoms with van der Waals surface area (Å²) < 4.78 is 15.3. The predicted molar refractivity (Wildman–Crippen MR) is 190 cm³/mol. The molecule has 43 heavy (non-hydrogen) atoms. The van der Waals surface area contributed by atoms with E-state index in [2.05, 4.69) is 64.0 Å². The SMILES string of the molecule is CC.CC.CN=C(/C=C(\C)CC(C)(O)Cc1ccc(C2=CNC3C=C(CCCC(C)C)C(C)=CC3=N2)cc1F)C(C)(C)C.[HH]. The predicted octanol–water partition coefficient (Wildman–Crippen LogP) is 10.3. The number of rotatable bonds is 10. The molecule has 2 unspecified atom stereocenters. The van der Waals surface area contributed by atoms with Crippen molar-refractivity contribution in [3.05, 3.63) is 76.3 Å². The smallest absolute Gasteiger partial charge is 0.127 e. The monoisotopic (exact) mass is 595 g/mol. The van der Waals surface area contributed by atoms with Crippen LogP contribution in [0.3, 0.4) is 0 Å². The average molecular weight is 596 g/mol. The van der Waals surface area contributed by atoms with Crippen LogP contribution in [-0.2, 0) is 6.42 Å². The number of aliphatic imine (C=N–C) groups is 2. The minimum absolute atomic E-state index is 0. The molecule has 0 saturated carbocycles. The summed E-state index contributed by atoms with van der Waals surface area (Å²) in [5.41, 5.74) is 6.36. The summed E-state index contributed by atoms with van der Waals surface area (Å²) >= 11 is 0. The Kier molecular flexibility index (Phi) is 15.6. The summed E-state index contributed by atoms with van der Waals surface area (Å²) in [6.45, 7) is 24.8. The fourth-order valence-electron chi connectivity index (χ4n) is 5.35. The van der Waals surface area contributed by atoms with E-state index in [1.54, 1.807) is 20.0 Å². The van der Waals surface area contributed by atoms with Gasteiger partial charge in [0, 0.05) is 37.8 Å². The van der Waals surface area contributed by atoms with Gasteiger partial charge in [-0.1, -0.05) is 92.5 Å². The Morgan fingerprint density at radius 2 is 1.81 bits per heavy atom. The van der Waals surface area contributed by atoms with E-state index >= 15 is 4.39 Å². The first kappa shape index (κ1) is 38.2.